The van der Waals surface area contributed by atoms with E-state index in [-0.39, 0.29) is 0 Å². The fourth-order valence-electron chi connectivity index (χ4n) is 4.42. The molecule has 0 heteroatoms. The first kappa shape index (κ1) is 27.7. The third-order valence-corrected chi connectivity index (χ3v) is 6.42. The van der Waals surface area contributed by atoms with Crippen molar-refractivity contribution in [3.05, 3.63) is 11.1 Å². The van der Waals surface area contributed by atoms with Crippen LogP contribution < -0.4 is 0 Å². The number of rotatable bonds is 22. The summed E-state index contributed by atoms with van der Waals surface area (Å²) >= 11 is 0. The van der Waals surface area contributed by atoms with Gasteiger partial charge in [0.15, 0.2) is 0 Å². The molecule has 0 aliphatic carbocycles. The fourth-order valence-corrected chi connectivity index (χ4v) is 4.42. The highest BCUT2D eigenvalue weighted by Gasteiger charge is 2.06. The zero-order chi connectivity index (χ0) is 20.7. The molecule has 0 rings (SSSR count). The molecule has 0 saturated heterocycles. The van der Waals surface area contributed by atoms with Crippen LogP contribution in [0.4, 0.5) is 0 Å². The van der Waals surface area contributed by atoms with Crippen molar-refractivity contribution < 1.29 is 0 Å². The van der Waals surface area contributed by atoms with Crippen LogP contribution in [0.25, 0.3) is 0 Å². The molecule has 0 aromatic heterocycles. The van der Waals surface area contributed by atoms with Crippen LogP contribution in [0, 0.1) is 0 Å². The molecule has 0 unspecified atom stereocenters. The van der Waals surface area contributed by atoms with Gasteiger partial charge in [-0.05, 0) is 44.9 Å². The molecule has 0 aromatic rings. The van der Waals surface area contributed by atoms with E-state index in [1.54, 1.807) is 0 Å². The molecule has 0 saturated carbocycles. The number of unbranched alkanes of at least 4 members (excludes halogenated alkanes) is 15. The molecule has 28 heavy (non-hydrogen) atoms. The van der Waals surface area contributed by atoms with Gasteiger partial charge in [-0.25, -0.2) is 0 Å². The van der Waals surface area contributed by atoms with Gasteiger partial charge in [0.2, 0.25) is 0 Å². The van der Waals surface area contributed by atoms with Crippen LogP contribution in [0.5, 0.6) is 0 Å². The lowest BCUT2D eigenvalue weighted by Crippen LogP contribution is -1.95. The summed E-state index contributed by atoms with van der Waals surface area (Å²) < 4.78 is 0. The van der Waals surface area contributed by atoms with Crippen LogP contribution >= 0.6 is 0 Å². The second-order valence-electron chi connectivity index (χ2n) is 9.11. The van der Waals surface area contributed by atoms with Crippen LogP contribution in [-0.2, 0) is 0 Å². The molecule has 0 fully saturated rings. The maximum absolute atomic E-state index is 2.40. The van der Waals surface area contributed by atoms with Crippen LogP contribution in [0.15, 0.2) is 11.1 Å². The summed E-state index contributed by atoms with van der Waals surface area (Å²) in [6.45, 7) is 9.36. The minimum absolute atomic E-state index is 1.30. The minimum atomic E-state index is 1.30. The van der Waals surface area contributed by atoms with Gasteiger partial charge in [0.05, 0.1) is 0 Å². The van der Waals surface area contributed by atoms with Gasteiger partial charge in [0.1, 0.15) is 0 Å². The van der Waals surface area contributed by atoms with Crippen molar-refractivity contribution in [2.75, 3.05) is 0 Å². The van der Waals surface area contributed by atoms with E-state index in [0.717, 1.165) is 0 Å². The smallest absolute Gasteiger partial charge is 0.0318 e. The molecule has 0 heterocycles. The van der Waals surface area contributed by atoms with Gasteiger partial charge >= 0.3 is 0 Å². The molecule has 0 N–H and O–H groups in total. The highest BCUT2D eigenvalue weighted by Crippen LogP contribution is 2.26. The maximum Gasteiger partial charge on any atom is -0.0318 e. The Hall–Kier alpha value is -0.260. The van der Waals surface area contributed by atoms with Gasteiger partial charge < -0.3 is 0 Å². The predicted octanol–water partition coefficient (Wildman–Crippen LogP) is 10.9. The Morgan fingerprint density at radius 1 is 0.321 bits per heavy atom. The molecule has 0 aliphatic rings. The first-order valence-electron chi connectivity index (χ1n) is 13.5. The first-order valence-corrected chi connectivity index (χ1v) is 13.5. The van der Waals surface area contributed by atoms with Gasteiger partial charge in [-0.15, -0.1) is 0 Å². The van der Waals surface area contributed by atoms with Gasteiger partial charge in [-0.3, -0.25) is 0 Å². The van der Waals surface area contributed by atoms with Crippen molar-refractivity contribution in [2.45, 2.75) is 169 Å². The molecule has 0 aromatic carbocycles. The van der Waals surface area contributed by atoms with Crippen LogP contribution in [0.2, 0.25) is 0 Å². The molecule has 0 aliphatic heterocycles. The monoisotopic (exact) mass is 392 g/mol. The molecule has 0 spiro atoms. The second kappa shape index (κ2) is 23.0. The van der Waals surface area contributed by atoms with E-state index in [9.17, 15) is 0 Å². The SMILES string of the molecule is CCCCCCCCCCCC(CC)=C(CCCC)CCCCCCCCC. The standard InChI is InChI=1S/C28H56/c1-5-9-12-14-16-17-19-20-22-25-27(8-4)28(24-11-7-3)26-23-21-18-15-13-10-6-2/h5-26H2,1-4H3. The fraction of sp³-hybridized carbons (Fsp3) is 0.929. The summed E-state index contributed by atoms with van der Waals surface area (Å²) in [5.41, 5.74) is 3.69. The summed E-state index contributed by atoms with van der Waals surface area (Å²) in [6.07, 6.45) is 31.3. The van der Waals surface area contributed by atoms with Crippen molar-refractivity contribution in [1.29, 1.82) is 0 Å². The Labute approximate surface area is 180 Å². The Kier molecular flexibility index (Phi) is 22.8. The summed E-state index contributed by atoms with van der Waals surface area (Å²) in [7, 11) is 0. The number of allylic oxidation sites excluding steroid dienone is 2. The number of hydrogen-bond donors (Lipinski definition) is 0. The second-order valence-corrected chi connectivity index (χ2v) is 9.11. The lowest BCUT2D eigenvalue weighted by atomic mass is 9.91. The average molecular weight is 393 g/mol. The van der Waals surface area contributed by atoms with Gasteiger partial charge in [0.25, 0.3) is 0 Å². The minimum Gasteiger partial charge on any atom is -0.0713 e. The van der Waals surface area contributed by atoms with Gasteiger partial charge in [-0.1, -0.05) is 135 Å². The molecule has 168 valence electrons. The van der Waals surface area contributed by atoms with Crippen LogP contribution in [-0.4, -0.2) is 0 Å². The maximum atomic E-state index is 2.40. The topological polar surface area (TPSA) is 0 Å². The Balaban J connectivity index is 4.08. The summed E-state index contributed by atoms with van der Waals surface area (Å²) in [5, 5.41) is 0. The van der Waals surface area contributed by atoms with Crippen molar-refractivity contribution in [3.8, 4) is 0 Å². The molecular formula is C28H56. The van der Waals surface area contributed by atoms with Crippen molar-refractivity contribution in [3.63, 3.8) is 0 Å². The van der Waals surface area contributed by atoms with Crippen molar-refractivity contribution >= 4 is 0 Å². The van der Waals surface area contributed by atoms with Crippen molar-refractivity contribution in [1.82, 2.24) is 0 Å². The molecule has 0 atom stereocenters. The summed E-state index contributed by atoms with van der Waals surface area (Å²) in [5.74, 6) is 0. The lowest BCUT2D eigenvalue weighted by Gasteiger charge is -2.15. The molecule has 0 nitrogen and oxygen atoms in total. The van der Waals surface area contributed by atoms with E-state index < -0.39 is 0 Å². The van der Waals surface area contributed by atoms with E-state index in [1.165, 1.54) is 141 Å². The summed E-state index contributed by atoms with van der Waals surface area (Å²) in [4.78, 5) is 0. The average Bonchev–Trinajstić information content (AvgIpc) is 2.71. The molecule has 0 amide bonds. The van der Waals surface area contributed by atoms with E-state index in [2.05, 4.69) is 27.7 Å². The highest BCUT2D eigenvalue weighted by molar-refractivity contribution is 5.14. The van der Waals surface area contributed by atoms with Crippen LogP contribution in [0.3, 0.4) is 0 Å². The summed E-state index contributed by atoms with van der Waals surface area (Å²) in [6, 6.07) is 0. The zero-order valence-corrected chi connectivity index (χ0v) is 20.6. The normalized spacial score (nSPS) is 12.4. The van der Waals surface area contributed by atoms with Crippen molar-refractivity contribution in [2.24, 2.45) is 0 Å². The molecule has 0 radical (unpaired) electrons. The van der Waals surface area contributed by atoms with E-state index in [4.69, 9.17) is 0 Å². The Bertz CT molecular complexity index is 325. The number of hydrogen-bond acceptors (Lipinski definition) is 0. The largest absolute Gasteiger partial charge is 0.0713 e. The van der Waals surface area contributed by atoms with E-state index in [0.29, 0.717) is 0 Å². The third kappa shape index (κ3) is 17.8. The van der Waals surface area contributed by atoms with Crippen LogP contribution in [0.1, 0.15) is 169 Å². The predicted molar refractivity (Wildman–Crippen MR) is 131 cm³/mol. The molecular weight excluding hydrogens is 336 g/mol. The van der Waals surface area contributed by atoms with E-state index >= 15 is 0 Å². The van der Waals surface area contributed by atoms with Gasteiger partial charge in [0, 0.05) is 0 Å². The first-order chi connectivity index (χ1) is 13.8. The third-order valence-electron chi connectivity index (χ3n) is 6.42. The Morgan fingerprint density at radius 3 is 1.04 bits per heavy atom. The molecule has 0 bridgehead atoms. The lowest BCUT2D eigenvalue weighted by molar-refractivity contribution is 0.559. The zero-order valence-electron chi connectivity index (χ0n) is 20.6. The van der Waals surface area contributed by atoms with E-state index in [1.807, 2.05) is 11.1 Å². The highest BCUT2D eigenvalue weighted by atomic mass is 14.1. The quantitative estimate of drug-likeness (QED) is 0.127. The van der Waals surface area contributed by atoms with Gasteiger partial charge in [-0.2, -0.15) is 0 Å². The Morgan fingerprint density at radius 2 is 0.643 bits per heavy atom.